The maximum atomic E-state index is 13.0. The zero-order valence-electron chi connectivity index (χ0n) is 24.9. The van der Waals surface area contributed by atoms with Crippen LogP contribution in [-0.2, 0) is 22.5 Å². The molecule has 0 saturated carbocycles. The number of hydrogen-bond acceptors (Lipinski definition) is 6. The van der Waals surface area contributed by atoms with Gasteiger partial charge in [-0.1, -0.05) is 96.2 Å². The first kappa shape index (κ1) is 28.6. The van der Waals surface area contributed by atoms with E-state index in [4.69, 9.17) is 14.0 Å². The normalized spacial score (nSPS) is 17.2. The third kappa shape index (κ3) is 7.12. The van der Waals surface area contributed by atoms with E-state index in [1.165, 1.54) is 16.3 Å². The number of hydrogen-bond donors (Lipinski definition) is 0. The van der Waals surface area contributed by atoms with Crippen LogP contribution in [0.3, 0.4) is 0 Å². The highest BCUT2D eigenvalue weighted by atomic mass is 16.6. The molecule has 7 heteroatoms. The fourth-order valence-corrected chi connectivity index (χ4v) is 5.58. The highest BCUT2D eigenvalue weighted by Gasteiger charge is 2.35. The van der Waals surface area contributed by atoms with Crippen LogP contribution >= 0.6 is 0 Å². The number of ether oxygens (including phenoxy) is 2. The van der Waals surface area contributed by atoms with Crippen molar-refractivity contribution in [2.24, 2.45) is 0 Å². The Kier molecular flexibility index (Phi) is 8.25. The fraction of sp³-hybridized carbons (Fsp3) is 0.306. The van der Waals surface area contributed by atoms with E-state index in [0.717, 1.165) is 23.1 Å². The van der Waals surface area contributed by atoms with E-state index in [0.29, 0.717) is 37.8 Å². The number of benzene rings is 4. The molecule has 6 rings (SSSR count). The summed E-state index contributed by atoms with van der Waals surface area (Å²) >= 11 is 0. The molecule has 5 aromatic rings. The molecular weight excluding hydrogens is 538 g/mol. The van der Waals surface area contributed by atoms with Gasteiger partial charge in [0.1, 0.15) is 5.60 Å². The topological polar surface area (TPSA) is 77.7 Å². The molecule has 43 heavy (non-hydrogen) atoms. The predicted molar refractivity (Wildman–Crippen MR) is 167 cm³/mol. The summed E-state index contributed by atoms with van der Waals surface area (Å²) in [7, 11) is 0. The zero-order chi connectivity index (χ0) is 29.8. The quantitative estimate of drug-likeness (QED) is 0.197. The second kappa shape index (κ2) is 12.4. The maximum absolute atomic E-state index is 13.0. The molecule has 4 aromatic carbocycles. The van der Waals surface area contributed by atoms with Gasteiger partial charge in [-0.3, -0.25) is 0 Å². The Labute approximate surface area is 252 Å². The van der Waals surface area contributed by atoms with Gasteiger partial charge in [-0.25, -0.2) is 4.79 Å². The van der Waals surface area contributed by atoms with Gasteiger partial charge < -0.3 is 18.9 Å². The van der Waals surface area contributed by atoms with Crippen LogP contribution in [0.25, 0.3) is 22.2 Å². The van der Waals surface area contributed by atoms with Crippen LogP contribution in [0.1, 0.15) is 55.7 Å². The summed E-state index contributed by atoms with van der Waals surface area (Å²) in [4.78, 5) is 19.3. The molecule has 1 amide bonds. The van der Waals surface area contributed by atoms with E-state index >= 15 is 0 Å². The Morgan fingerprint density at radius 1 is 0.907 bits per heavy atom. The van der Waals surface area contributed by atoms with Gasteiger partial charge in [-0.15, -0.1) is 0 Å². The average molecular weight is 576 g/mol. The Balaban J connectivity index is 1.17. The Bertz CT molecular complexity index is 1670. The second-order valence-electron chi connectivity index (χ2n) is 12.1. The van der Waals surface area contributed by atoms with Crippen LogP contribution in [0.15, 0.2) is 102 Å². The van der Waals surface area contributed by atoms with Gasteiger partial charge in [0.2, 0.25) is 11.7 Å². The first-order chi connectivity index (χ1) is 20.8. The van der Waals surface area contributed by atoms with E-state index in [9.17, 15) is 4.79 Å². The lowest BCUT2D eigenvalue weighted by Gasteiger charge is -2.39. The van der Waals surface area contributed by atoms with Crippen molar-refractivity contribution in [2.45, 2.75) is 57.8 Å². The molecule has 0 bridgehead atoms. The standard InChI is InChI=1S/C36H37N3O4/c1-36(2,3)42-35(40)39-20-19-31(32(23-39)41-24-26-15-16-27-9-7-8-12-30(27)21-26)28-17-13-25(14-18-28)22-33-37-34(38-43-33)29-10-5-4-6-11-29/h4-18,21,31-32H,19-20,22-24H2,1-3H3. The minimum Gasteiger partial charge on any atom is -0.444 e. The number of carbonyl (C=O) groups excluding carboxylic acids is 1. The van der Waals surface area contributed by atoms with Crippen molar-refractivity contribution < 1.29 is 18.8 Å². The minimum absolute atomic E-state index is 0.140. The van der Waals surface area contributed by atoms with Gasteiger partial charge in [0.15, 0.2) is 0 Å². The molecule has 0 radical (unpaired) electrons. The summed E-state index contributed by atoms with van der Waals surface area (Å²) in [5.74, 6) is 1.31. The monoisotopic (exact) mass is 575 g/mol. The zero-order valence-corrected chi connectivity index (χ0v) is 24.9. The first-order valence-corrected chi connectivity index (χ1v) is 14.8. The van der Waals surface area contributed by atoms with E-state index in [-0.39, 0.29) is 18.1 Å². The van der Waals surface area contributed by atoms with Gasteiger partial charge in [-0.05, 0) is 60.7 Å². The summed E-state index contributed by atoms with van der Waals surface area (Å²) in [6.07, 6.45) is 0.863. The van der Waals surface area contributed by atoms with E-state index in [1.807, 2.05) is 63.2 Å². The van der Waals surface area contributed by atoms with Crippen LogP contribution in [0.4, 0.5) is 4.79 Å². The highest BCUT2D eigenvalue weighted by Crippen LogP contribution is 2.32. The molecule has 0 spiro atoms. The lowest BCUT2D eigenvalue weighted by Crippen LogP contribution is -2.48. The summed E-state index contributed by atoms with van der Waals surface area (Å²) in [6.45, 7) is 7.23. The number of nitrogens with zero attached hydrogens (tertiary/aromatic N) is 3. The van der Waals surface area contributed by atoms with E-state index in [2.05, 4.69) is 64.7 Å². The van der Waals surface area contributed by atoms with Crippen LogP contribution in [-0.4, -0.2) is 45.9 Å². The molecule has 1 fully saturated rings. The molecule has 1 saturated heterocycles. The summed E-state index contributed by atoms with van der Waals surface area (Å²) in [5.41, 5.74) is 3.76. The highest BCUT2D eigenvalue weighted by molar-refractivity contribution is 5.82. The largest absolute Gasteiger partial charge is 0.444 e. The third-order valence-corrected chi connectivity index (χ3v) is 7.75. The molecule has 2 heterocycles. The summed E-state index contributed by atoms with van der Waals surface area (Å²) in [6, 6.07) is 33.1. The van der Waals surface area contributed by atoms with E-state index in [1.54, 1.807) is 4.90 Å². The molecule has 0 aliphatic carbocycles. The van der Waals surface area contributed by atoms with Gasteiger partial charge in [-0.2, -0.15) is 4.98 Å². The van der Waals surface area contributed by atoms with Crippen LogP contribution < -0.4 is 0 Å². The molecule has 1 aliphatic rings. The smallest absolute Gasteiger partial charge is 0.410 e. The molecular formula is C36H37N3O4. The van der Waals surface area contributed by atoms with Gasteiger partial charge in [0.05, 0.1) is 25.7 Å². The number of carbonyl (C=O) groups is 1. The average Bonchev–Trinajstić information content (AvgIpc) is 3.48. The van der Waals surface area contributed by atoms with Gasteiger partial charge in [0, 0.05) is 18.0 Å². The van der Waals surface area contributed by atoms with Crippen LogP contribution in [0, 0.1) is 0 Å². The molecule has 1 aliphatic heterocycles. The second-order valence-corrected chi connectivity index (χ2v) is 12.1. The van der Waals surface area contributed by atoms with Crippen molar-refractivity contribution in [3.05, 3.63) is 120 Å². The maximum Gasteiger partial charge on any atom is 0.410 e. The molecule has 2 atom stereocenters. The van der Waals surface area contributed by atoms with Crippen molar-refractivity contribution >= 4 is 16.9 Å². The minimum atomic E-state index is -0.550. The fourth-order valence-electron chi connectivity index (χ4n) is 5.58. The lowest BCUT2D eigenvalue weighted by molar-refractivity contribution is -0.0359. The molecule has 2 unspecified atom stereocenters. The Morgan fingerprint density at radius 2 is 1.63 bits per heavy atom. The number of fused-ring (bicyclic) bond motifs is 1. The Morgan fingerprint density at radius 3 is 2.40 bits per heavy atom. The summed E-state index contributed by atoms with van der Waals surface area (Å²) in [5, 5.41) is 6.53. The number of aromatic nitrogens is 2. The van der Waals surface area contributed by atoms with Gasteiger partial charge in [0.25, 0.3) is 0 Å². The van der Waals surface area contributed by atoms with E-state index < -0.39 is 5.60 Å². The SMILES string of the molecule is CC(C)(C)OC(=O)N1CCC(c2ccc(Cc3nc(-c4ccccc4)no3)cc2)C(OCc2ccc3ccccc3c2)C1. The molecule has 0 N–H and O–H groups in total. The van der Waals surface area contributed by atoms with Crippen LogP contribution in [0.2, 0.25) is 0 Å². The lowest BCUT2D eigenvalue weighted by atomic mass is 9.86. The van der Waals surface area contributed by atoms with Crippen molar-refractivity contribution in [3.63, 3.8) is 0 Å². The molecule has 7 nitrogen and oxygen atoms in total. The number of rotatable bonds is 7. The molecule has 1 aromatic heterocycles. The van der Waals surface area contributed by atoms with Crippen molar-refractivity contribution in [1.29, 1.82) is 0 Å². The Hall–Kier alpha value is -4.49. The summed E-state index contributed by atoms with van der Waals surface area (Å²) < 4.78 is 17.8. The van der Waals surface area contributed by atoms with Gasteiger partial charge >= 0.3 is 6.09 Å². The van der Waals surface area contributed by atoms with Crippen molar-refractivity contribution in [2.75, 3.05) is 13.1 Å². The van der Waals surface area contributed by atoms with Crippen molar-refractivity contribution in [1.82, 2.24) is 15.0 Å². The predicted octanol–water partition coefficient (Wildman–Crippen LogP) is 7.79. The first-order valence-electron chi connectivity index (χ1n) is 14.8. The third-order valence-electron chi connectivity index (χ3n) is 7.75. The van der Waals surface area contributed by atoms with Crippen LogP contribution in [0.5, 0.6) is 0 Å². The number of piperidine rings is 1. The number of likely N-dealkylation sites (tertiary alicyclic amines) is 1. The molecule has 220 valence electrons. The number of amides is 1. The van der Waals surface area contributed by atoms with Crippen molar-refractivity contribution in [3.8, 4) is 11.4 Å².